The van der Waals surface area contributed by atoms with E-state index in [9.17, 15) is 13.2 Å². The molecule has 0 aliphatic carbocycles. The number of nitrogens with zero attached hydrogens (tertiary/aromatic N) is 1. The number of hydrogen-bond donors (Lipinski definition) is 1. The van der Waals surface area contributed by atoms with Crippen molar-refractivity contribution in [2.24, 2.45) is 12.8 Å². The number of alkyl halides is 3. The molecule has 1 heterocycles. The van der Waals surface area contributed by atoms with Crippen molar-refractivity contribution in [1.82, 2.24) is 4.57 Å². The van der Waals surface area contributed by atoms with Gasteiger partial charge in [0.1, 0.15) is 0 Å². The van der Waals surface area contributed by atoms with Gasteiger partial charge in [-0.3, -0.25) is 0 Å². The quantitative estimate of drug-likeness (QED) is 0.895. The van der Waals surface area contributed by atoms with Gasteiger partial charge >= 0.3 is 6.18 Å². The van der Waals surface area contributed by atoms with Crippen molar-refractivity contribution in [3.05, 3.63) is 36.0 Å². The van der Waals surface area contributed by atoms with Crippen LogP contribution in [0.25, 0.3) is 10.9 Å². The Morgan fingerprint density at radius 1 is 1.28 bits per heavy atom. The van der Waals surface area contributed by atoms with E-state index in [1.165, 1.54) is 0 Å². The van der Waals surface area contributed by atoms with Gasteiger partial charge in [-0.15, -0.1) is 0 Å². The molecule has 0 radical (unpaired) electrons. The van der Waals surface area contributed by atoms with Crippen molar-refractivity contribution in [2.45, 2.75) is 25.1 Å². The topological polar surface area (TPSA) is 30.9 Å². The summed E-state index contributed by atoms with van der Waals surface area (Å²) in [6.45, 7) is 0. The molecule has 0 amide bonds. The molecule has 0 saturated carbocycles. The molecule has 2 aromatic rings. The lowest BCUT2D eigenvalue weighted by Gasteiger charge is -2.12. The third kappa shape index (κ3) is 2.67. The average Bonchev–Trinajstić information content (AvgIpc) is 2.64. The van der Waals surface area contributed by atoms with Gasteiger partial charge in [-0.25, -0.2) is 0 Å². The lowest BCUT2D eigenvalue weighted by Crippen LogP contribution is -2.15. The summed E-state index contributed by atoms with van der Waals surface area (Å²) in [6, 6.07) is 6.99. The number of halogens is 3. The minimum Gasteiger partial charge on any atom is -0.350 e. The van der Waals surface area contributed by atoms with Crippen molar-refractivity contribution in [3.63, 3.8) is 0 Å². The van der Waals surface area contributed by atoms with Crippen LogP contribution < -0.4 is 5.73 Å². The fourth-order valence-corrected chi connectivity index (χ4v) is 2.14. The van der Waals surface area contributed by atoms with E-state index < -0.39 is 18.6 Å². The van der Waals surface area contributed by atoms with E-state index in [1.807, 2.05) is 42.1 Å². The molecule has 18 heavy (non-hydrogen) atoms. The van der Waals surface area contributed by atoms with Crippen molar-refractivity contribution in [3.8, 4) is 0 Å². The zero-order valence-corrected chi connectivity index (χ0v) is 10.0. The zero-order chi connectivity index (χ0) is 13.3. The molecule has 2 N–H and O–H groups in total. The van der Waals surface area contributed by atoms with E-state index in [0.717, 1.165) is 16.5 Å². The van der Waals surface area contributed by atoms with E-state index in [-0.39, 0.29) is 6.42 Å². The fourth-order valence-electron chi connectivity index (χ4n) is 2.14. The molecule has 2 nitrogen and oxygen atoms in total. The number of nitrogens with two attached hydrogens (primary N) is 1. The minimum absolute atomic E-state index is 0.0858. The number of para-hydroxylation sites is 1. The summed E-state index contributed by atoms with van der Waals surface area (Å²) in [5, 5.41) is 0.926. The molecular weight excluding hydrogens is 241 g/mol. The van der Waals surface area contributed by atoms with Gasteiger partial charge in [0.2, 0.25) is 0 Å². The van der Waals surface area contributed by atoms with Gasteiger partial charge < -0.3 is 10.3 Å². The van der Waals surface area contributed by atoms with Gasteiger partial charge in [-0.05, 0) is 18.1 Å². The van der Waals surface area contributed by atoms with Crippen LogP contribution in [0.1, 0.15) is 24.4 Å². The Morgan fingerprint density at radius 3 is 2.61 bits per heavy atom. The average molecular weight is 256 g/mol. The second kappa shape index (κ2) is 4.65. The summed E-state index contributed by atoms with van der Waals surface area (Å²) < 4.78 is 38.5. The molecule has 0 saturated heterocycles. The number of rotatable bonds is 3. The van der Waals surface area contributed by atoms with Crippen LogP contribution in [0, 0.1) is 0 Å². The van der Waals surface area contributed by atoms with Crippen LogP contribution in [-0.2, 0) is 7.05 Å². The molecule has 0 unspecified atom stereocenters. The smallest absolute Gasteiger partial charge is 0.350 e. The van der Waals surface area contributed by atoms with E-state index in [2.05, 4.69) is 0 Å². The number of aromatic nitrogens is 1. The first-order valence-corrected chi connectivity index (χ1v) is 5.75. The molecule has 1 atom stereocenters. The largest absolute Gasteiger partial charge is 0.389 e. The van der Waals surface area contributed by atoms with Crippen molar-refractivity contribution < 1.29 is 13.2 Å². The summed E-state index contributed by atoms with van der Waals surface area (Å²) in [6.07, 6.45) is -3.27. The first-order valence-electron chi connectivity index (χ1n) is 5.75. The van der Waals surface area contributed by atoms with Crippen molar-refractivity contribution >= 4 is 10.9 Å². The first-order chi connectivity index (χ1) is 8.38. The van der Waals surface area contributed by atoms with Gasteiger partial charge in [0.05, 0.1) is 0 Å². The fraction of sp³-hybridized carbons (Fsp3) is 0.385. The van der Waals surface area contributed by atoms with E-state index in [1.54, 1.807) is 0 Å². The van der Waals surface area contributed by atoms with Gasteiger partial charge in [-0.2, -0.15) is 13.2 Å². The Balaban J connectivity index is 2.25. The lowest BCUT2D eigenvalue weighted by molar-refractivity contribution is -0.136. The highest BCUT2D eigenvalue weighted by molar-refractivity contribution is 5.84. The molecule has 0 bridgehead atoms. The second-order valence-electron chi connectivity index (χ2n) is 4.47. The van der Waals surface area contributed by atoms with E-state index in [4.69, 9.17) is 5.73 Å². The Hall–Kier alpha value is -1.49. The predicted molar refractivity (Wildman–Crippen MR) is 65.1 cm³/mol. The third-order valence-corrected chi connectivity index (χ3v) is 3.07. The maximum atomic E-state index is 12.2. The summed E-state index contributed by atoms with van der Waals surface area (Å²) in [4.78, 5) is 0. The van der Waals surface area contributed by atoms with Crippen LogP contribution >= 0.6 is 0 Å². The molecule has 1 aromatic heterocycles. The van der Waals surface area contributed by atoms with Gasteiger partial charge in [0, 0.05) is 36.6 Å². The maximum absolute atomic E-state index is 12.2. The highest BCUT2D eigenvalue weighted by Crippen LogP contribution is 2.30. The Morgan fingerprint density at radius 2 is 1.94 bits per heavy atom. The SMILES string of the molecule is Cn1cc([C@H](N)CCC(F)(F)F)c2ccccc21. The molecule has 0 fully saturated rings. The molecule has 2 rings (SSSR count). The van der Waals surface area contributed by atoms with Crippen LogP contribution in [0.2, 0.25) is 0 Å². The normalized spacial score (nSPS) is 14.1. The number of aryl methyl sites for hydroxylation is 1. The minimum atomic E-state index is -4.15. The summed E-state index contributed by atoms with van der Waals surface area (Å²) in [7, 11) is 1.86. The van der Waals surface area contributed by atoms with Crippen molar-refractivity contribution in [2.75, 3.05) is 0 Å². The van der Waals surface area contributed by atoms with Crippen LogP contribution in [-0.4, -0.2) is 10.7 Å². The maximum Gasteiger partial charge on any atom is 0.389 e. The molecule has 5 heteroatoms. The molecule has 98 valence electrons. The predicted octanol–water partition coefficient (Wildman–Crippen LogP) is 3.52. The van der Waals surface area contributed by atoms with Crippen LogP contribution in [0.3, 0.4) is 0 Å². The number of hydrogen-bond acceptors (Lipinski definition) is 1. The van der Waals surface area contributed by atoms with E-state index >= 15 is 0 Å². The third-order valence-electron chi connectivity index (χ3n) is 3.07. The second-order valence-corrected chi connectivity index (χ2v) is 4.47. The standard InChI is InChI=1S/C13H15F3N2/c1-18-8-10(9-4-2-3-5-12(9)18)11(17)6-7-13(14,15)16/h2-5,8,11H,6-7,17H2,1H3/t11-/m1/s1. The Labute approximate surface area is 103 Å². The number of benzene rings is 1. The molecule has 0 spiro atoms. The van der Waals surface area contributed by atoms with Gasteiger partial charge in [0.15, 0.2) is 0 Å². The number of fused-ring (bicyclic) bond motifs is 1. The molecule has 0 aliphatic rings. The first kappa shape index (κ1) is 13.0. The summed E-state index contributed by atoms with van der Waals surface area (Å²) >= 11 is 0. The van der Waals surface area contributed by atoms with Crippen LogP contribution in [0.5, 0.6) is 0 Å². The van der Waals surface area contributed by atoms with E-state index in [0.29, 0.717) is 0 Å². The Bertz CT molecular complexity index is 543. The summed E-state index contributed by atoms with van der Waals surface area (Å²) in [5.41, 5.74) is 7.63. The zero-order valence-electron chi connectivity index (χ0n) is 10.0. The lowest BCUT2D eigenvalue weighted by atomic mass is 10.0. The van der Waals surface area contributed by atoms with Crippen LogP contribution in [0.4, 0.5) is 13.2 Å². The van der Waals surface area contributed by atoms with Crippen molar-refractivity contribution in [1.29, 1.82) is 0 Å². The molecule has 0 aliphatic heterocycles. The monoisotopic (exact) mass is 256 g/mol. The summed E-state index contributed by atoms with van der Waals surface area (Å²) in [5.74, 6) is 0. The highest BCUT2D eigenvalue weighted by atomic mass is 19.4. The highest BCUT2D eigenvalue weighted by Gasteiger charge is 2.28. The molecule has 1 aromatic carbocycles. The Kier molecular flexibility index (Phi) is 3.34. The molecular formula is C13H15F3N2. The van der Waals surface area contributed by atoms with Crippen LogP contribution in [0.15, 0.2) is 30.5 Å². The van der Waals surface area contributed by atoms with Gasteiger partial charge in [-0.1, -0.05) is 18.2 Å². The van der Waals surface area contributed by atoms with Gasteiger partial charge in [0.25, 0.3) is 0 Å².